The lowest BCUT2D eigenvalue weighted by Crippen LogP contribution is -2.68. The average molecular weight is 544 g/mol. The number of aromatic hydroxyl groups is 4. The van der Waals surface area contributed by atoms with Crippen LogP contribution in [0, 0.1) is 0 Å². The topological polar surface area (TPSA) is 173 Å². The number of nitrogens with zero attached hydrogens (tertiary/aromatic N) is 1. The van der Waals surface area contributed by atoms with Crippen LogP contribution in [0.1, 0.15) is 43.1 Å². The number of rotatable bonds is 2. The van der Waals surface area contributed by atoms with Gasteiger partial charge < -0.3 is 54.9 Å². The SMILES string of the molecule is CO[C@@H]1C[C@](C)(O)Cc2cc3c(O)c4c5c(cc(O)c4c(O)c3c(O)c21)[C@@]1(C)O[C@@H](O5)[C@@H](O)[C@H](N(C)C)[C@H]1O. The standard InChI is InChI=1S/C28H33NO10/c1-27(36)8-10-6-11-16(21(32)15(10)14(9-27)37-5)22(33)17-13(30)7-12-24(18(17)20(11)31)38-26-23(34)19(29(3)4)25(35)28(12,2)39-26/h6-7,14,19,23,25-26,30-36H,8-9H2,1-5H3/t14-,19+,23+,25-,26-,27-,28-/m1/s1. The van der Waals surface area contributed by atoms with E-state index in [-0.39, 0.29) is 51.4 Å². The van der Waals surface area contributed by atoms with Crippen LogP contribution in [-0.4, -0.2) is 92.0 Å². The van der Waals surface area contributed by atoms with Gasteiger partial charge in [-0.05, 0) is 45.6 Å². The number of hydrogen-bond donors (Lipinski definition) is 7. The Morgan fingerprint density at radius 3 is 2.31 bits per heavy atom. The smallest absolute Gasteiger partial charge is 0.228 e. The van der Waals surface area contributed by atoms with Crippen LogP contribution in [0.3, 0.4) is 0 Å². The van der Waals surface area contributed by atoms with E-state index in [1.54, 1.807) is 38.9 Å². The lowest BCUT2D eigenvalue weighted by atomic mass is 9.76. The van der Waals surface area contributed by atoms with Crippen molar-refractivity contribution in [3.05, 3.63) is 28.8 Å². The van der Waals surface area contributed by atoms with E-state index in [1.807, 2.05) is 0 Å². The van der Waals surface area contributed by atoms with Gasteiger partial charge in [0.2, 0.25) is 6.29 Å². The summed E-state index contributed by atoms with van der Waals surface area (Å²) in [5.41, 5.74) is -1.46. The van der Waals surface area contributed by atoms with Crippen molar-refractivity contribution in [1.82, 2.24) is 4.90 Å². The van der Waals surface area contributed by atoms with E-state index >= 15 is 0 Å². The van der Waals surface area contributed by atoms with Crippen LogP contribution in [0.15, 0.2) is 12.1 Å². The van der Waals surface area contributed by atoms with Gasteiger partial charge in [-0.15, -0.1) is 0 Å². The molecule has 2 bridgehead atoms. The molecule has 210 valence electrons. The predicted molar refractivity (Wildman–Crippen MR) is 139 cm³/mol. The van der Waals surface area contributed by atoms with Gasteiger partial charge in [0.05, 0.1) is 33.9 Å². The molecule has 3 aliphatic rings. The fourth-order valence-corrected chi connectivity index (χ4v) is 6.80. The molecule has 11 nitrogen and oxygen atoms in total. The molecule has 0 aromatic heterocycles. The third kappa shape index (κ3) is 3.38. The Labute approximate surface area is 224 Å². The molecule has 3 aromatic carbocycles. The van der Waals surface area contributed by atoms with Gasteiger partial charge in [-0.3, -0.25) is 0 Å². The molecule has 11 heteroatoms. The minimum absolute atomic E-state index is 0.0190. The second kappa shape index (κ2) is 8.23. The van der Waals surface area contributed by atoms with E-state index in [2.05, 4.69) is 0 Å². The van der Waals surface area contributed by atoms with Crippen LogP contribution in [0.5, 0.6) is 28.7 Å². The third-order valence-corrected chi connectivity index (χ3v) is 8.70. The summed E-state index contributed by atoms with van der Waals surface area (Å²) in [7, 11) is 4.86. The van der Waals surface area contributed by atoms with Gasteiger partial charge in [-0.1, -0.05) is 0 Å². The third-order valence-electron chi connectivity index (χ3n) is 8.70. The lowest BCUT2D eigenvalue weighted by molar-refractivity contribution is -0.311. The number of fused-ring (bicyclic) bond motifs is 8. The number of phenolic OH excluding ortho intramolecular Hbond substituents is 4. The van der Waals surface area contributed by atoms with Gasteiger partial charge in [-0.25, -0.2) is 0 Å². The fourth-order valence-electron chi connectivity index (χ4n) is 6.80. The molecule has 1 aliphatic carbocycles. The summed E-state index contributed by atoms with van der Waals surface area (Å²) in [6.45, 7) is 3.26. The first-order valence-corrected chi connectivity index (χ1v) is 12.8. The van der Waals surface area contributed by atoms with Gasteiger partial charge in [0.15, 0.2) is 0 Å². The normalized spacial score (nSPS) is 33.7. The van der Waals surface area contributed by atoms with Crippen LogP contribution >= 0.6 is 0 Å². The van der Waals surface area contributed by atoms with Crippen molar-refractivity contribution < 1.29 is 50.0 Å². The van der Waals surface area contributed by atoms with Crippen LogP contribution in [0.2, 0.25) is 0 Å². The predicted octanol–water partition coefficient (Wildman–Crippen LogP) is 1.82. The Hall–Kier alpha value is -3.06. The lowest BCUT2D eigenvalue weighted by Gasteiger charge is -2.53. The molecular weight excluding hydrogens is 510 g/mol. The number of aliphatic hydroxyl groups excluding tert-OH is 2. The van der Waals surface area contributed by atoms with Crippen molar-refractivity contribution in [3.63, 3.8) is 0 Å². The number of ether oxygens (including phenoxy) is 3. The van der Waals surface area contributed by atoms with Crippen LogP contribution in [-0.2, 0) is 21.5 Å². The maximum atomic E-state index is 11.6. The second-order valence-corrected chi connectivity index (χ2v) is 11.6. The second-order valence-electron chi connectivity index (χ2n) is 11.6. The van der Waals surface area contributed by atoms with E-state index in [0.717, 1.165) is 0 Å². The molecule has 2 aliphatic heterocycles. The molecule has 0 amide bonds. The quantitative estimate of drug-likeness (QED) is 0.186. The summed E-state index contributed by atoms with van der Waals surface area (Å²) in [5.74, 6) is -1.65. The fraction of sp³-hybridized carbons (Fsp3) is 0.500. The first-order valence-electron chi connectivity index (χ1n) is 12.8. The first kappa shape index (κ1) is 26.2. The summed E-state index contributed by atoms with van der Waals surface area (Å²) in [6.07, 6.45) is -4.04. The van der Waals surface area contributed by atoms with Crippen molar-refractivity contribution >= 4 is 21.5 Å². The Morgan fingerprint density at radius 1 is 0.974 bits per heavy atom. The van der Waals surface area contributed by atoms with Crippen molar-refractivity contribution in [2.45, 2.75) is 68.5 Å². The van der Waals surface area contributed by atoms with Gasteiger partial charge in [0, 0.05) is 36.5 Å². The van der Waals surface area contributed by atoms with Crippen molar-refractivity contribution in [2.24, 2.45) is 0 Å². The number of aliphatic hydroxyl groups is 3. The Morgan fingerprint density at radius 2 is 1.67 bits per heavy atom. The van der Waals surface area contributed by atoms with Crippen molar-refractivity contribution in [2.75, 3.05) is 21.2 Å². The highest BCUT2D eigenvalue weighted by Crippen LogP contribution is 2.59. The minimum atomic E-state index is -1.45. The van der Waals surface area contributed by atoms with E-state index < -0.39 is 59.1 Å². The number of phenols is 4. The van der Waals surface area contributed by atoms with Gasteiger partial charge >= 0.3 is 0 Å². The van der Waals surface area contributed by atoms with E-state index in [1.165, 1.54) is 13.2 Å². The molecule has 0 saturated carbocycles. The highest BCUT2D eigenvalue weighted by Gasteiger charge is 2.58. The number of hydrogen-bond acceptors (Lipinski definition) is 11. The average Bonchev–Trinajstić information content (AvgIpc) is 2.84. The number of likely N-dealkylation sites (N-methyl/N-ethyl adjacent to an activating group) is 1. The van der Waals surface area contributed by atoms with Gasteiger partial charge in [-0.2, -0.15) is 0 Å². The van der Waals surface area contributed by atoms with Gasteiger partial charge in [0.25, 0.3) is 0 Å². The highest BCUT2D eigenvalue weighted by atomic mass is 16.7. The molecule has 0 unspecified atom stereocenters. The number of benzene rings is 3. The van der Waals surface area contributed by atoms with Crippen LogP contribution < -0.4 is 4.74 Å². The molecule has 1 fully saturated rings. The highest BCUT2D eigenvalue weighted by molar-refractivity contribution is 6.17. The van der Waals surface area contributed by atoms with Gasteiger partial charge in [0.1, 0.15) is 46.6 Å². The summed E-state index contributed by atoms with van der Waals surface area (Å²) in [4.78, 5) is 1.66. The maximum absolute atomic E-state index is 11.6. The number of methoxy groups -OCH3 is 1. The molecule has 39 heavy (non-hydrogen) atoms. The zero-order valence-electron chi connectivity index (χ0n) is 22.3. The Kier molecular flexibility index (Phi) is 5.52. The monoisotopic (exact) mass is 543 g/mol. The zero-order valence-corrected chi connectivity index (χ0v) is 22.3. The maximum Gasteiger partial charge on any atom is 0.228 e. The minimum Gasteiger partial charge on any atom is -0.507 e. The Balaban J connectivity index is 1.69. The van der Waals surface area contributed by atoms with E-state index in [9.17, 15) is 35.7 Å². The van der Waals surface area contributed by atoms with Crippen LogP contribution in [0.4, 0.5) is 0 Å². The Bertz CT molecular complexity index is 1540. The largest absolute Gasteiger partial charge is 0.507 e. The first-order chi connectivity index (χ1) is 18.2. The summed E-state index contributed by atoms with van der Waals surface area (Å²) in [5, 5.41) is 78.4. The molecule has 3 aromatic rings. The summed E-state index contributed by atoms with van der Waals surface area (Å²) < 4.78 is 17.6. The summed E-state index contributed by atoms with van der Waals surface area (Å²) in [6, 6.07) is 2.10. The molecule has 0 spiro atoms. The molecule has 7 N–H and O–H groups in total. The zero-order chi connectivity index (χ0) is 28.3. The van der Waals surface area contributed by atoms with E-state index in [4.69, 9.17) is 14.2 Å². The molecule has 0 radical (unpaired) electrons. The summed E-state index contributed by atoms with van der Waals surface area (Å²) >= 11 is 0. The van der Waals surface area contributed by atoms with Crippen molar-refractivity contribution in [1.29, 1.82) is 0 Å². The molecule has 7 atom stereocenters. The van der Waals surface area contributed by atoms with Crippen LogP contribution in [0.25, 0.3) is 21.5 Å². The molecular formula is C28H33NO10. The molecule has 1 saturated heterocycles. The molecule has 2 heterocycles. The van der Waals surface area contributed by atoms with Crippen molar-refractivity contribution in [3.8, 4) is 28.7 Å². The van der Waals surface area contributed by atoms with E-state index in [0.29, 0.717) is 11.1 Å². The molecule has 6 rings (SSSR count).